The third kappa shape index (κ3) is 2.90. The molecule has 1 aromatic rings. The highest BCUT2D eigenvalue weighted by atomic mass is 16.3. The van der Waals surface area contributed by atoms with Gasteiger partial charge in [0, 0.05) is 12.0 Å². The summed E-state index contributed by atoms with van der Waals surface area (Å²) in [7, 11) is 0. The molecule has 2 rings (SSSR count). The number of amides is 3. The Kier molecular flexibility index (Phi) is 3.50. The van der Waals surface area contributed by atoms with Gasteiger partial charge in [-0.3, -0.25) is 19.7 Å². The number of imide groups is 1. The second-order valence-electron chi connectivity index (χ2n) is 4.48. The molecule has 1 aliphatic heterocycles. The second kappa shape index (κ2) is 5.09. The third-order valence-corrected chi connectivity index (χ3v) is 3.01. The van der Waals surface area contributed by atoms with E-state index in [1.807, 2.05) is 0 Å². The Hall–Kier alpha value is -2.37. The van der Waals surface area contributed by atoms with Crippen LogP contribution in [0.15, 0.2) is 18.2 Å². The summed E-state index contributed by atoms with van der Waals surface area (Å²) < 4.78 is 0. The number of phenolic OH excluding ortho intramolecular Hbond substituents is 1. The fraction of sp³-hybridized carbons (Fsp3) is 0.308. The van der Waals surface area contributed by atoms with Crippen molar-refractivity contribution in [2.24, 2.45) is 0 Å². The zero-order valence-corrected chi connectivity index (χ0v) is 10.4. The summed E-state index contributed by atoms with van der Waals surface area (Å²) >= 11 is 0. The van der Waals surface area contributed by atoms with Gasteiger partial charge in [0.2, 0.25) is 11.8 Å². The van der Waals surface area contributed by atoms with Crippen LogP contribution in [0.25, 0.3) is 0 Å². The van der Waals surface area contributed by atoms with Crippen LogP contribution in [0.2, 0.25) is 0 Å². The molecular formula is C13H14N2O4. The Bertz CT molecular complexity index is 554. The molecule has 0 aromatic heterocycles. The molecular weight excluding hydrogens is 248 g/mol. The number of benzene rings is 1. The van der Waals surface area contributed by atoms with Crippen LogP contribution in [0.4, 0.5) is 0 Å². The lowest BCUT2D eigenvalue weighted by Gasteiger charge is -2.22. The second-order valence-corrected chi connectivity index (χ2v) is 4.48. The molecule has 0 bridgehead atoms. The van der Waals surface area contributed by atoms with Crippen molar-refractivity contribution >= 4 is 17.7 Å². The Morgan fingerprint density at radius 2 is 2.16 bits per heavy atom. The number of phenols is 1. The van der Waals surface area contributed by atoms with E-state index in [0.717, 1.165) is 0 Å². The van der Waals surface area contributed by atoms with Crippen molar-refractivity contribution in [3.63, 3.8) is 0 Å². The molecule has 19 heavy (non-hydrogen) atoms. The van der Waals surface area contributed by atoms with Crippen molar-refractivity contribution in [1.82, 2.24) is 10.6 Å². The molecule has 3 amide bonds. The van der Waals surface area contributed by atoms with E-state index in [0.29, 0.717) is 11.1 Å². The van der Waals surface area contributed by atoms with Gasteiger partial charge in [0.1, 0.15) is 11.8 Å². The smallest absolute Gasteiger partial charge is 0.252 e. The fourth-order valence-electron chi connectivity index (χ4n) is 1.92. The van der Waals surface area contributed by atoms with Crippen LogP contribution in [0.3, 0.4) is 0 Å². The molecule has 1 atom stereocenters. The van der Waals surface area contributed by atoms with Crippen molar-refractivity contribution in [3.05, 3.63) is 29.3 Å². The Labute approximate surface area is 109 Å². The Morgan fingerprint density at radius 1 is 1.42 bits per heavy atom. The van der Waals surface area contributed by atoms with Gasteiger partial charge >= 0.3 is 0 Å². The van der Waals surface area contributed by atoms with Gasteiger partial charge < -0.3 is 10.4 Å². The molecule has 6 heteroatoms. The summed E-state index contributed by atoms with van der Waals surface area (Å²) in [5.74, 6) is -1.28. The molecule has 0 radical (unpaired) electrons. The first-order valence-corrected chi connectivity index (χ1v) is 5.91. The van der Waals surface area contributed by atoms with E-state index in [1.54, 1.807) is 13.0 Å². The molecule has 6 nitrogen and oxygen atoms in total. The molecule has 1 saturated heterocycles. The van der Waals surface area contributed by atoms with Crippen molar-refractivity contribution < 1.29 is 19.5 Å². The molecule has 1 heterocycles. The van der Waals surface area contributed by atoms with Crippen molar-refractivity contribution in [2.75, 3.05) is 0 Å². The van der Waals surface area contributed by atoms with E-state index in [2.05, 4.69) is 10.6 Å². The number of nitrogens with one attached hydrogen (secondary N) is 2. The van der Waals surface area contributed by atoms with Gasteiger partial charge in [-0.25, -0.2) is 0 Å². The van der Waals surface area contributed by atoms with E-state index in [4.69, 9.17) is 0 Å². The SMILES string of the molecule is Cc1ccc(O)cc1C(=O)NC1CCC(=O)NC1=O. The molecule has 1 aromatic carbocycles. The molecule has 0 spiro atoms. The van der Waals surface area contributed by atoms with Gasteiger partial charge in [0.25, 0.3) is 5.91 Å². The standard InChI is InChI=1S/C13H14N2O4/c1-7-2-3-8(16)6-9(7)12(18)14-10-4-5-11(17)15-13(10)19/h2-3,6,10,16H,4-5H2,1H3,(H,14,18)(H,15,17,19). The number of aromatic hydroxyl groups is 1. The van der Waals surface area contributed by atoms with Crippen LogP contribution in [0, 0.1) is 6.92 Å². The number of carbonyl (C=O) groups excluding carboxylic acids is 3. The minimum Gasteiger partial charge on any atom is -0.508 e. The number of hydrogen-bond acceptors (Lipinski definition) is 4. The van der Waals surface area contributed by atoms with Crippen molar-refractivity contribution in [2.45, 2.75) is 25.8 Å². The average molecular weight is 262 g/mol. The van der Waals surface area contributed by atoms with Crippen LogP contribution >= 0.6 is 0 Å². The monoisotopic (exact) mass is 262 g/mol. The number of hydrogen-bond donors (Lipinski definition) is 3. The van der Waals surface area contributed by atoms with E-state index in [-0.39, 0.29) is 24.5 Å². The molecule has 100 valence electrons. The molecule has 1 unspecified atom stereocenters. The molecule has 1 aliphatic rings. The summed E-state index contributed by atoms with van der Waals surface area (Å²) in [4.78, 5) is 34.5. The van der Waals surface area contributed by atoms with E-state index in [9.17, 15) is 19.5 Å². The first kappa shape index (κ1) is 13.1. The van der Waals surface area contributed by atoms with E-state index >= 15 is 0 Å². The zero-order valence-electron chi connectivity index (χ0n) is 10.4. The summed E-state index contributed by atoms with van der Waals surface area (Å²) in [6.07, 6.45) is 0.490. The first-order chi connectivity index (χ1) is 8.97. The summed E-state index contributed by atoms with van der Waals surface area (Å²) in [6.45, 7) is 1.73. The maximum atomic E-state index is 12.0. The van der Waals surface area contributed by atoms with Gasteiger partial charge in [-0.1, -0.05) is 6.07 Å². The van der Waals surface area contributed by atoms with Gasteiger partial charge in [-0.2, -0.15) is 0 Å². The number of piperidine rings is 1. The summed E-state index contributed by atoms with van der Waals surface area (Å²) in [5, 5.41) is 14.1. The minimum atomic E-state index is -0.716. The topological polar surface area (TPSA) is 95.5 Å². The highest BCUT2D eigenvalue weighted by molar-refractivity contribution is 6.04. The average Bonchev–Trinajstić information content (AvgIpc) is 2.35. The normalized spacial score (nSPS) is 18.9. The summed E-state index contributed by atoms with van der Waals surface area (Å²) in [5.41, 5.74) is 1.01. The zero-order chi connectivity index (χ0) is 14.0. The predicted molar refractivity (Wildman–Crippen MR) is 66.5 cm³/mol. The van der Waals surface area contributed by atoms with E-state index in [1.165, 1.54) is 12.1 Å². The van der Waals surface area contributed by atoms with Crippen LogP contribution in [0.1, 0.15) is 28.8 Å². The first-order valence-electron chi connectivity index (χ1n) is 5.91. The van der Waals surface area contributed by atoms with E-state index < -0.39 is 17.9 Å². The summed E-state index contributed by atoms with van der Waals surface area (Å²) in [6, 6.07) is 3.73. The minimum absolute atomic E-state index is 0.0148. The lowest BCUT2D eigenvalue weighted by molar-refractivity contribution is -0.134. The predicted octanol–water partition coefficient (Wildman–Crippen LogP) is 0.236. The molecule has 3 N–H and O–H groups in total. The van der Waals surface area contributed by atoms with Crippen LogP contribution in [-0.4, -0.2) is 28.9 Å². The van der Waals surface area contributed by atoms with Crippen molar-refractivity contribution in [1.29, 1.82) is 0 Å². The number of aryl methyl sites for hydroxylation is 1. The van der Waals surface area contributed by atoms with Crippen molar-refractivity contribution in [3.8, 4) is 5.75 Å². The maximum absolute atomic E-state index is 12.0. The maximum Gasteiger partial charge on any atom is 0.252 e. The Morgan fingerprint density at radius 3 is 2.84 bits per heavy atom. The number of rotatable bonds is 2. The largest absolute Gasteiger partial charge is 0.508 e. The highest BCUT2D eigenvalue weighted by Gasteiger charge is 2.28. The lowest BCUT2D eigenvalue weighted by Crippen LogP contribution is -2.52. The quantitative estimate of drug-likeness (QED) is 0.665. The van der Waals surface area contributed by atoms with Gasteiger partial charge in [-0.15, -0.1) is 0 Å². The van der Waals surface area contributed by atoms with Gasteiger partial charge in [0.15, 0.2) is 0 Å². The van der Waals surface area contributed by atoms with Crippen LogP contribution in [-0.2, 0) is 9.59 Å². The lowest BCUT2D eigenvalue weighted by atomic mass is 10.0. The molecule has 1 fully saturated rings. The fourth-order valence-corrected chi connectivity index (χ4v) is 1.92. The highest BCUT2D eigenvalue weighted by Crippen LogP contribution is 2.16. The molecule has 0 saturated carbocycles. The van der Waals surface area contributed by atoms with Crippen LogP contribution in [0.5, 0.6) is 5.75 Å². The third-order valence-electron chi connectivity index (χ3n) is 3.01. The number of carbonyl (C=O) groups is 3. The molecule has 0 aliphatic carbocycles. The van der Waals surface area contributed by atoms with Crippen LogP contribution < -0.4 is 10.6 Å². The van der Waals surface area contributed by atoms with Gasteiger partial charge in [-0.05, 0) is 31.0 Å². The Balaban J connectivity index is 2.11. The van der Waals surface area contributed by atoms with Gasteiger partial charge in [0.05, 0.1) is 0 Å².